The van der Waals surface area contributed by atoms with Crippen molar-refractivity contribution in [1.82, 2.24) is 0 Å². The van der Waals surface area contributed by atoms with Gasteiger partial charge in [0, 0.05) is 21.8 Å². The second-order valence-electron chi connectivity index (χ2n) is 5.93. The van der Waals surface area contributed by atoms with Crippen LogP contribution in [0.15, 0.2) is 30.3 Å². The van der Waals surface area contributed by atoms with Crippen molar-refractivity contribution in [3.8, 4) is 0 Å². The van der Waals surface area contributed by atoms with Gasteiger partial charge in [0.05, 0.1) is 13.0 Å². The highest BCUT2D eigenvalue weighted by molar-refractivity contribution is 7.85. The van der Waals surface area contributed by atoms with Gasteiger partial charge in [-0.2, -0.15) is 0 Å². The van der Waals surface area contributed by atoms with Crippen LogP contribution >= 0.6 is 0 Å². The molecule has 0 bridgehead atoms. The molecule has 1 aromatic rings. The maximum absolute atomic E-state index is 12.7. The van der Waals surface area contributed by atoms with Gasteiger partial charge < -0.3 is 4.74 Å². The van der Waals surface area contributed by atoms with Crippen LogP contribution in [0.25, 0.3) is 0 Å². The molecule has 1 saturated carbocycles. The summed E-state index contributed by atoms with van der Waals surface area (Å²) in [6, 6.07) is 9.52. The molecule has 0 spiro atoms. The van der Waals surface area contributed by atoms with Crippen molar-refractivity contribution < 1.29 is 13.7 Å². The van der Waals surface area contributed by atoms with Gasteiger partial charge in [0.1, 0.15) is 0 Å². The lowest BCUT2D eigenvalue weighted by molar-refractivity contribution is -0.141. The largest absolute Gasteiger partial charge is 0.469 e. The normalized spacial score (nSPS) is 25.0. The number of esters is 1. The highest BCUT2D eigenvalue weighted by Crippen LogP contribution is 2.29. The molecular formula is C17H24O3S. The summed E-state index contributed by atoms with van der Waals surface area (Å²) in [7, 11) is 0.412. The van der Waals surface area contributed by atoms with E-state index in [0.717, 1.165) is 24.8 Å². The first-order valence-corrected chi connectivity index (χ1v) is 9.00. The van der Waals surface area contributed by atoms with Gasteiger partial charge in [0.2, 0.25) is 0 Å². The van der Waals surface area contributed by atoms with Gasteiger partial charge in [-0.15, -0.1) is 0 Å². The molecule has 0 aliphatic heterocycles. The number of carbonyl (C=O) groups is 1. The standard InChI is InChI=1S/C17H24O3S/c1-13-7-6-10-15(11-13)21(19)12-16(17(18)20-2)14-8-4-3-5-9-14/h3-5,8-9,13,15-16H,6-7,10-12H2,1-2H3. The van der Waals surface area contributed by atoms with E-state index in [4.69, 9.17) is 4.74 Å². The number of benzene rings is 1. The van der Waals surface area contributed by atoms with E-state index < -0.39 is 16.7 Å². The molecule has 0 N–H and O–H groups in total. The smallest absolute Gasteiger partial charge is 0.314 e. The molecule has 0 saturated heterocycles. The highest BCUT2D eigenvalue weighted by atomic mass is 32.2. The predicted octanol–water partition coefficient (Wildman–Crippen LogP) is 3.27. The van der Waals surface area contributed by atoms with Crippen molar-refractivity contribution in [3.63, 3.8) is 0 Å². The van der Waals surface area contributed by atoms with Crippen LogP contribution in [0.5, 0.6) is 0 Å². The Balaban J connectivity index is 2.08. The fourth-order valence-electron chi connectivity index (χ4n) is 3.05. The van der Waals surface area contributed by atoms with Crippen molar-refractivity contribution in [1.29, 1.82) is 0 Å². The van der Waals surface area contributed by atoms with Gasteiger partial charge in [-0.1, -0.05) is 50.1 Å². The molecule has 4 atom stereocenters. The van der Waals surface area contributed by atoms with E-state index in [0.29, 0.717) is 11.7 Å². The minimum Gasteiger partial charge on any atom is -0.469 e. The van der Waals surface area contributed by atoms with Crippen molar-refractivity contribution in [2.45, 2.75) is 43.8 Å². The maximum atomic E-state index is 12.7. The lowest BCUT2D eigenvalue weighted by atomic mass is 9.91. The van der Waals surface area contributed by atoms with Gasteiger partial charge >= 0.3 is 5.97 Å². The molecule has 2 rings (SSSR count). The van der Waals surface area contributed by atoms with Crippen molar-refractivity contribution in [2.75, 3.05) is 12.9 Å². The molecule has 0 aromatic heterocycles. The van der Waals surface area contributed by atoms with Crippen LogP contribution < -0.4 is 0 Å². The van der Waals surface area contributed by atoms with Crippen LogP contribution in [0.3, 0.4) is 0 Å². The number of carbonyl (C=O) groups excluding carboxylic acids is 1. The van der Waals surface area contributed by atoms with E-state index >= 15 is 0 Å². The third kappa shape index (κ3) is 4.40. The summed E-state index contributed by atoms with van der Waals surface area (Å²) < 4.78 is 17.6. The Kier molecular flexibility index (Phi) is 5.97. The Morgan fingerprint density at radius 3 is 2.67 bits per heavy atom. The van der Waals surface area contributed by atoms with Gasteiger partial charge in [0.25, 0.3) is 0 Å². The first-order valence-electron chi connectivity index (χ1n) is 7.61. The molecule has 1 fully saturated rings. The minimum absolute atomic E-state index is 0.226. The Hall–Kier alpha value is -1.16. The summed E-state index contributed by atoms with van der Waals surface area (Å²) in [5.41, 5.74) is 0.890. The fraction of sp³-hybridized carbons (Fsp3) is 0.588. The van der Waals surface area contributed by atoms with Crippen LogP contribution in [0.1, 0.15) is 44.1 Å². The molecule has 1 aromatic carbocycles. The summed E-state index contributed by atoms with van der Waals surface area (Å²) in [6.07, 6.45) is 4.40. The third-order valence-corrected chi connectivity index (χ3v) is 6.11. The lowest BCUT2D eigenvalue weighted by Crippen LogP contribution is -2.29. The van der Waals surface area contributed by atoms with Crippen LogP contribution in [0.2, 0.25) is 0 Å². The van der Waals surface area contributed by atoms with E-state index in [1.807, 2.05) is 30.3 Å². The second-order valence-corrected chi connectivity index (χ2v) is 7.69. The van der Waals surface area contributed by atoms with Gasteiger partial charge in [-0.25, -0.2) is 0 Å². The molecule has 1 aliphatic rings. The lowest BCUT2D eigenvalue weighted by Gasteiger charge is -2.27. The Labute approximate surface area is 129 Å². The summed E-state index contributed by atoms with van der Waals surface area (Å²) in [5, 5.41) is 0.226. The second kappa shape index (κ2) is 7.74. The van der Waals surface area contributed by atoms with E-state index in [9.17, 15) is 9.00 Å². The van der Waals surface area contributed by atoms with E-state index in [1.54, 1.807) is 0 Å². The summed E-state index contributed by atoms with van der Waals surface area (Å²) in [5.74, 6) is 0.294. The average molecular weight is 308 g/mol. The SMILES string of the molecule is COC(=O)C(CS(=O)C1CCCC(C)C1)c1ccccc1. The van der Waals surface area contributed by atoms with Gasteiger partial charge in [-0.05, 0) is 24.3 Å². The summed E-state index contributed by atoms with van der Waals surface area (Å²) in [4.78, 5) is 12.0. The van der Waals surface area contributed by atoms with Crippen LogP contribution in [-0.4, -0.2) is 28.3 Å². The Morgan fingerprint density at radius 1 is 1.33 bits per heavy atom. The molecule has 0 amide bonds. The van der Waals surface area contributed by atoms with Crippen LogP contribution in [0.4, 0.5) is 0 Å². The topological polar surface area (TPSA) is 43.4 Å². The molecule has 116 valence electrons. The quantitative estimate of drug-likeness (QED) is 0.784. The highest BCUT2D eigenvalue weighted by Gasteiger charge is 2.29. The van der Waals surface area contributed by atoms with Gasteiger partial charge in [-0.3, -0.25) is 9.00 Å². The number of hydrogen-bond acceptors (Lipinski definition) is 3. The zero-order chi connectivity index (χ0) is 15.2. The summed E-state index contributed by atoms with van der Waals surface area (Å²) in [6.45, 7) is 2.22. The number of methoxy groups -OCH3 is 1. The molecule has 1 aliphatic carbocycles. The van der Waals surface area contributed by atoms with Crippen molar-refractivity contribution in [3.05, 3.63) is 35.9 Å². The molecule has 21 heavy (non-hydrogen) atoms. The molecule has 4 unspecified atom stereocenters. The zero-order valence-corrected chi connectivity index (χ0v) is 13.6. The third-order valence-electron chi connectivity index (χ3n) is 4.28. The minimum atomic E-state index is -0.981. The van der Waals surface area contributed by atoms with E-state index in [-0.39, 0.29) is 11.2 Å². The molecule has 3 nitrogen and oxygen atoms in total. The monoisotopic (exact) mass is 308 g/mol. The average Bonchev–Trinajstić information content (AvgIpc) is 2.52. The zero-order valence-electron chi connectivity index (χ0n) is 12.8. The van der Waals surface area contributed by atoms with Crippen molar-refractivity contribution >= 4 is 16.8 Å². The van der Waals surface area contributed by atoms with Crippen LogP contribution in [0, 0.1) is 5.92 Å². The maximum Gasteiger partial charge on any atom is 0.314 e. The first-order chi connectivity index (χ1) is 10.1. The first kappa shape index (κ1) is 16.2. The Morgan fingerprint density at radius 2 is 2.05 bits per heavy atom. The molecule has 0 radical (unpaired) electrons. The number of hydrogen-bond donors (Lipinski definition) is 0. The molecule has 0 heterocycles. The number of rotatable bonds is 5. The predicted molar refractivity (Wildman–Crippen MR) is 85.6 cm³/mol. The molecule has 4 heteroatoms. The molecular weight excluding hydrogens is 284 g/mol. The van der Waals surface area contributed by atoms with Gasteiger partial charge in [0.15, 0.2) is 0 Å². The number of ether oxygens (including phenoxy) is 1. The Bertz CT molecular complexity index is 486. The van der Waals surface area contributed by atoms with E-state index in [2.05, 4.69) is 6.92 Å². The van der Waals surface area contributed by atoms with E-state index in [1.165, 1.54) is 13.5 Å². The van der Waals surface area contributed by atoms with Crippen LogP contribution in [-0.2, 0) is 20.3 Å². The summed E-state index contributed by atoms with van der Waals surface area (Å²) >= 11 is 0. The fourth-order valence-corrected chi connectivity index (χ4v) is 4.95. The van der Waals surface area contributed by atoms with Crippen molar-refractivity contribution in [2.24, 2.45) is 5.92 Å².